The fraction of sp³-hybridized carbons (Fsp3) is 0.222. The summed E-state index contributed by atoms with van der Waals surface area (Å²) in [7, 11) is 0. The van der Waals surface area contributed by atoms with Gasteiger partial charge in [-0.05, 0) is 74.1 Å². The molecule has 9 nitrogen and oxygen atoms in total. The Morgan fingerprint density at radius 2 is 1.82 bits per heavy atom. The topological polar surface area (TPSA) is 123 Å². The number of nitrogens with zero attached hydrogens (tertiary/aromatic N) is 1. The SMILES string of the molecule is CCOC(=O)c1c(NC(=O)C(=O)N/N=C/c2cccc(OC(=O)c3cccc(Cl)c3)c2)sc2c1CCCC2. The third-order valence-electron chi connectivity index (χ3n) is 5.59. The van der Waals surface area contributed by atoms with Crippen LogP contribution in [0.2, 0.25) is 5.02 Å². The molecule has 0 atom stereocenters. The van der Waals surface area contributed by atoms with E-state index in [2.05, 4.69) is 15.8 Å². The molecule has 0 bridgehead atoms. The van der Waals surface area contributed by atoms with Crippen molar-refractivity contribution < 1.29 is 28.7 Å². The van der Waals surface area contributed by atoms with Gasteiger partial charge < -0.3 is 14.8 Å². The summed E-state index contributed by atoms with van der Waals surface area (Å²) in [6, 6.07) is 12.8. The van der Waals surface area contributed by atoms with E-state index in [1.807, 2.05) is 0 Å². The molecular weight excluding hydrogens is 530 g/mol. The second-order valence-corrected chi connectivity index (χ2v) is 9.80. The Hall–Kier alpha value is -4.02. The van der Waals surface area contributed by atoms with Crippen molar-refractivity contribution in [2.24, 2.45) is 5.10 Å². The first-order valence-electron chi connectivity index (χ1n) is 11.9. The average molecular weight is 554 g/mol. The molecule has 0 spiro atoms. The lowest BCUT2D eigenvalue weighted by Gasteiger charge is -2.12. The van der Waals surface area contributed by atoms with Crippen LogP contribution in [0, 0.1) is 0 Å². The molecule has 1 aliphatic rings. The van der Waals surface area contributed by atoms with Gasteiger partial charge in [0, 0.05) is 9.90 Å². The van der Waals surface area contributed by atoms with Crippen molar-refractivity contribution >= 4 is 57.9 Å². The molecule has 2 aromatic carbocycles. The van der Waals surface area contributed by atoms with E-state index < -0.39 is 23.8 Å². The standard InChI is InChI=1S/C27H24ClN3O6S/c1-2-36-27(35)22-20-11-3-4-12-21(20)38-25(22)30-23(32)24(33)31-29-15-16-7-5-10-19(13-16)37-26(34)17-8-6-9-18(28)14-17/h5-10,13-15H,2-4,11-12H2,1H3,(H,30,32)(H,31,33)/b29-15+. The number of esters is 2. The Morgan fingerprint density at radius 1 is 1.03 bits per heavy atom. The molecule has 0 aliphatic heterocycles. The third-order valence-corrected chi connectivity index (χ3v) is 7.04. The van der Waals surface area contributed by atoms with Crippen LogP contribution in [0.4, 0.5) is 5.00 Å². The number of ether oxygens (including phenoxy) is 2. The summed E-state index contributed by atoms with van der Waals surface area (Å²) in [6.07, 6.45) is 4.78. The number of hydrogen-bond donors (Lipinski definition) is 2. The van der Waals surface area contributed by atoms with E-state index in [1.165, 1.54) is 23.6 Å². The van der Waals surface area contributed by atoms with Crippen LogP contribution in [0.3, 0.4) is 0 Å². The Labute approximate surface area is 227 Å². The van der Waals surface area contributed by atoms with E-state index in [4.69, 9.17) is 21.1 Å². The van der Waals surface area contributed by atoms with Crippen molar-refractivity contribution in [2.45, 2.75) is 32.6 Å². The van der Waals surface area contributed by atoms with Crippen molar-refractivity contribution in [3.05, 3.63) is 80.7 Å². The number of nitrogens with one attached hydrogen (secondary N) is 2. The molecular formula is C27H24ClN3O6S. The van der Waals surface area contributed by atoms with Crippen LogP contribution >= 0.6 is 22.9 Å². The molecule has 2 amide bonds. The summed E-state index contributed by atoms with van der Waals surface area (Å²) in [4.78, 5) is 50.8. The van der Waals surface area contributed by atoms with E-state index in [9.17, 15) is 19.2 Å². The minimum Gasteiger partial charge on any atom is -0.462 e. The van der Waals surface area contributed by atoms with Crippen molar-refractivity contribution in [2.75, 3.05) is 11.9 Å². The average Bonchev–Trinajstić information content (AvgIpc) is 3.26. The molecule has 0 fully saturated rings. The summed E-state index contributed by atoms with van der Waals surface area (Å²) in [6.45, 7) is 1.91. The quantitative estimate of drug-likeness (QED) is 0.143. The summed E-state index contributed by atoms with van der Waals surface area (Å²) < 4.78 is 10.5. The fourth-order valence-electron chi connectivity index (χ4n) is 3.89. The largest absolute Gasteiger partial charge is 0.462 e. The van der Waals surface area contributed by atoms with Gasteiger partial charge in [-0.15, -0.1) is 11.3 Å². The van der Waals surface area contributed by atoms with E-state index in [0.717, 1.165) is 36.1 Å². The maximum absolute atomic E-state index is 12.5. The van der Waals surface area contributed by atoms with Gasteiger partial charge in [0.05, 0.1) is 23.9 Å². The molecule has 11 heteroatoms. The highest BCUT2D eigenvalue weighted by molar-refractivity contribution is 7.17. The number of amides is 2. The van der Waals surface area contributed by atoms with Crippen LogP contribution in [0.5, 0.6) is 5.75 Å². The van der Waals surface area contributed by atoms with Crippen LogP contribution in [0.25, 0.3) is 0 Å². The van der Waals surface area contributed by atoms with Gasteiger partial charge in [0.25, 0.3) is 0 Å². The van der Waals surface area contributed by atoms with Crippen LogP contribution < -0.4 is 15.5 Å². The van der Waals surface area contributed by atoms with E-state index in [1.54, 1.807) is 49.4 Å². The number of anilines is 1. The summed E-state index contributed by atoms with van der Waals surface area (Å²) in [5, 5.41) is 7.06. The third kappa shape index (κ3) is 6.64. The molecule has 2 N–H and O–H groups in total. The summed E-state index contributed by atoms with van der Waals surface area (Å²) in [5.74, 6) is -2.81. The van der Waals surface area contributed by atoms with Crippen molar-refractivity contribution in [3.8, 4) is 5.75 Å². The van der Waals surface area contributed by atoms with Crippen LogP contribution in [-0.2, 0) is 27.2 Å². The van der Waals surface area contributed by atoms with Gasteiger partial charge in [-0.25, -0.2) is 15.0 Å². The number of hydrazone groups is 1. The number of rotatable bonds is 7. The molecule has 0 unspecified atom stereocenters. The highest BCUT2D eigenvalue weighted by atomic mass is 35.5. The number of benzene rings is 2. The number of fused-ring (bicyclic) bond motifs is 1. The van der Waals surface area contributed by atoms with Crippen molar-refractivity contribution in [1.82, 2.24) is 5.43 Å². The van der Waals surface area contributed by atoms with Gasteiger partial charge >= 0.3 is 23.8 Å². The predicted molar refractivity (Wildman–Crippen MR) is 144 cm³/mol. The Bertz CT molecular complexity index is 1420. The highest BCUT2D eigenvalue weighted by Crippen LogP contribution is 2.38. The van der Waals surface area contributed by atoms with Gasteiger partial charge in [0.2, 0.25) is 0 Å². The zero-order chi connectivity index (χ0) is 27.1. The lowest BCUT2D eigenvalue weighted by atomic mass is 9.95. The molecule has 1 heterocycles. The maximum atomic E-state index is 12.5. The number of halogens is 1. The van der Waals surface area contributed by atoms with Gasteiger partial charge in [-0.3, -0.25) is 9.59 Å². The molecule has 38 heavy (non-hydrogen) atoms. The minimum atomic E-state index is -1.01. The van der Waals surface area contributed by atoms with Crippen LogP contribution in [0.1, 0.15) is 56.5 Å². The molecule has 196 valence electrons. The Morgan fingerprint density at radius 3 is 2.61 bits per heavy atom. The van der Waals surface area contributed by atoms with Crippen LogP contribution in [0.15, 0.2) is 53.6 Å². The smallest absolute Gasteiger partial charge is 0.343 e. The predicted octanol–water partition coefficient (Wildman–Crippen LogP) is 4.77. The van der Waals surface area contributed by atoms with E-state index in [0.29, 0.717) is 26.7 Å². The second kappa shape index (κ2) is 12.5. The van der Waals surface area contributed by atoms with Crippen LogP contribution in [-0.4, -0.2) is 36.6 Å². The second-order valence-electron chi connectivity index (χ2n) is 8.26. The minimum absolute atomic E-state index is 0.201. The van der Waals surface area contributed by atoms with Crippen molar-refractivity contribution in [3.63, 3.8) is 0 Å². The molecule has 4 rings (SSSR count). The lowest BCUT2D eigenvalue weighted by Crippen LogP contribution is -2.32. The van der Waals surface area contributed by atoms with E-state index in [-0.39, 0.29) is 12.4 Å². The van der Waals surface area contributed by atoms with Gasteiger partial charge in [0.15, 0.2) is 0 Å². The first kappa shape index (κ1) is 27.0. The molecule has 0 saturated heterocycles. The molecule has 1 aliphatic carbocycles. The zero-order valence-corrected chi connectivity index (χ0v) is 22.0. The summed E-state index contributed by atoms with van der Waals surface area (Å²) in [5.41, 5.74) is 4.17. The maximum Gasteiger partial charge on any atom is 0.343 e. The van der Waals surface area contributed by atoms with Crippen molar-refractivity contribution in [1.29, 1.82) is 0 Å². The number of thiophene rings is 1. The van der Waals surface area contributed by atoms with Gasteiger partial charge in [0.1, 0.15) is 10.8 Å². The molecule has 1 aromatic heterocycles. The fourth-order valence-corrected chi connectivity index (χ4v) is 5.35. The lowest BCUT2D eigenvalue weighted by molar-refractivity contribution is -0.136. The Kier molecular flexibility index (Phi) is 8.88. The molecule has 0 radical (unpaired) electrons. The zero-order valence-electron chi connectivity index (χ0n) is 20.4. The van der Waals surface area contributed by atoms with Gasteiger partial charge in [-0.2, -0.15) is 5.10 Å². The number of hydrogen-bond acceptors (Lipinski definition) is 8. The normalized spacial score (nSPS) is 12.5. The first-order chi connectivity index (χ1) is 18.4. The monoisotopic (exact) mass is 553 g/mol. The van der Waals surface area contributed by atoms with Gasteiger partial charge in [-0.1, -0.05) is 29.8 Å². The van der Waals surface area contributed by atoms with E-state index >= 15 is 0 Å². The molecule has 3 aromatic rings. The number of carbonyl (C=O) groups is 4. The summed E-state index contributed by atoms with van der Waals surface area (Å²) >= 11 is 7.21. The highest BCUT2D eigenvalue weighted by Gasteiger charge is 2.28. The molecule has 0 saturated carbocycles. The number of carbonyl (C=O) groups excluding carboxylic acids is 4. The number of aryl methyl sites for hydroxylation is 1. The Balaban J connectivity index is 1.38. The first-order valence-corrected chi connectivity index (χ1v) is 13.1.